The van der Waals surface area contributed by atoms with E-state index in [9.17, 15) is 9.59 Å². The monoisotopic (exact) mass is 282 g/mol. The number of amides is 3. The molecule has 0 spiro atoms. The second-order valence-electron chi connectivity index (χ2n) is 4.82. The average Bonchev–Trinajstić information content (AvgIpc) is 2.52. The summed E-state index contributed by atoms with van der Waals surface area (Å²) in [6.45, 7) is 2.24. The number of rotatable bonds is 3. The largest absolute Gasteiger partial charge is 0.334 e. The molecule has 4 nitrogen and oxygen atoms in total. The topological polar surface area (TPSA) is 49.4 Å². The first-order valence-electron chi connectivity index (χ1n) is 6.75. The van der Waals surface area contributed by atoms with Gasteiger partial charge in [-0.05, 0) is 24.1 Å². The zero-order valence-electron chi connectivity index (χ0n) is 12.2. The van der Waals surface area contributed by atoms with E-state index >= 15 is 0 Å². The van der Waals surface area contributed by atoms with Gasteiger partial charge in [-0.15, -0.1) is 0 Å². The third kappa shape index (κ3) is 3.69. The third-order valence-corrected chi connectivity index (χ3v) is 3.27. The molecule has 0 heterocycles. The number of nitrogens with one attached hydrogen (secondary N) is 1. The molecule has 0 bridgehead atoms. The summed E-state index contributed by atoms with van der Waals surface area (Å²) in [6.07, 6.45) is 0. The minimum absolute atomic E-state index is 0.307. The number of hydrogen-bond acceptors (Lipinski definition) is 2. The van der Waals surface area contributed by atoms with E-state index in [2.05, 4.69) is 5.32 Å². The fraction of sp³-hybridized carbons (Fsp3) is 0.176. The second kappa shape index (κ2) is 6.70. The van der Waals surface area contributed by atoms with Crippen molar-refractivity contribution in [3.63, 3.8) is 0 Å². The van der Waals surface area contributed by atoms with Crippen LogP contribution in [0.5, 0.6) is 0 Å². The molecule has 0 atom stereocenters. The molecule has 0 radical (unpaired) electrons. The van der Waals surface area contributed by atoms with Gasteiger partial charge in [0.25, 0.3) is 5.91 Å². The highest BCUT2D eigenvalue weighted by Crippen LogP contribution is 2.10. The molecule has 2 aromatic rings. The van der Waals surface area contributed by atoms with Crippen molar-refractivity contribution in [3.8, 4) is 0 Å². The van der Waals surface area contributed by atoms with Crippen LogP contribution in [0.1, 0.15) is 21.5 Å². The lowest BCUT2D eigenvalue weighted by Gasteiger charge is -2.17. The van der Waals surface area contributed by atoms with Gasteiger partial charge in [0.1, 0.15) is 0 Å². The van der Waals surface area contributed by atoms with E-state index in [0.29, 0.717) is 12.1 Å². The summed E-state index contributed by atoms with van der Waals surface area (Å²) in [7, 11) is 1.48. The minimum Gasteiger partial charge on any atom is -0.334 e. The summed E-state index contributed by atoms with van der Waals surface area (Å²) in [5.41, 5.74) is 2.38. The molecule has 2 aromatic carbocycles. The number of carbonyl (C=O) groups excluding carboxylic acids is 2. The molecule has 0 aliphatic carbocycles. The van der Waals surface area contributed by atoms with Crippen molar-refractivity contribution in [2.75, 3.05) is 7.05 Å². The molecule has 2 rings (SSSR count). The molecule has 0 unspecified atom stereocenters. The highest BCUT2D eigenvalue weighted by atomic mass is 16.2. The van der Waals surface area contributed by atoms with Gasteiger partial charge in [0.05, 0.1) is 0 Å². The lowest BCUT2D eigenvalue weighted by Crippen LogP contribution is -2.41. The first kappa shape index (κ1) is 14.8. The molecule has 0 saturated heterocycles. The summed E-state index contributed by atoms with van der Waals surface area (Å²) in [5, 5.41) is 2.73. The third-order valence-electron chi connectivity index (χ3n) is 3.27. The zero-order valence-corrected chi connectivity index (χ0v) is 12.2. The van der Waals surface area contributed by atoms with E-state index < -0.39 is 6.03 Å². The van der Waals surface area contributed by atoms with Crippen LogP contribution < -0.4 is 5.32 Å². The van der Waals surface area contributed by atoms with Gasteiger partial charge in [0.15, 0.2) is 0 Å². The van der Waals surface area contributed by atoms with Crippen molar-refractivity contribution in [2.24, 2.45) is 0 Å². The number of aryl methyl sites for hydroxylation is 1. The highest BCUT2D eigenvalue weighted by Gasteiger charge is 2.19. The van der Waals surface area contributed by atoms with E-state index in [4.69, 9.17) is 0 Å². The SMILES string of the molecule is Cc1ccccc1C(=O)N(C)C(=O)NCc1ccccc1. The van der Waals surface area contributed by atoms with Gasteiger partial charge in [0, 0.05) is 19.2 Å². The van der Waals surface area contributed by atoms with E-state index in [-0.39, 0.29) is 5.91 Å². The summed E-state index contributed by atoms with van der Waals surface area (Å²) in [6, 6.07) is 16.4. The standard InChI is InChI=1S/C17H18N2O2/c1-13-8-6-7-11-15(13)16(20)19(2)17(21)18-12-14-9-4-3-5-10-14/h3-11H,12H2,1-2H3,(H,18,21). The molecular formula is C17H18N2O2. The maximum absolute atomic E-state index is 12.3. The Hall–Kier alpha value is -2.62. The predicted molar refractivity (Wildman–Crippen MR) is 82.0 cm³/mol. The van der Waals surface area contributed by atoms with Gasteiger partial charge >= 0.3 is 6.03 Å². The molecule has 21 heavy (non-hydrogen) atoms. The van der Waals surface area contributed by atoms with Crippen molar-refractivity contribution >= 4 is 11.9 Å². The second-order valence-corrected chi connectivity index (χ2v) is 4.82. The van der Waals surface area contributed by atoms with E-state index in [1.165, 1.54) is 7.05 Å². The van der Waals surface area contributed by atoms with Crippen LogP contribution >= 0.6 is 0 Å². The Morgan fingerprint density at radius 1 is 1.00 bits per heavy atom. The van der Waals surface area contributed by atoms with Crippen LogP contribution in [0.2, 0.25) is 0 Å². The number of carbonyl (C=O) groups is 2. The smallest absolute Gasteiger partial charge is 0.324 e. The fourth-order valence-electron chi connectivity index (χ4n) is 1.98. The lowest BCUT2D eigenvalue weighted by atomic mass is 10.1. The van der Waals surface area contributed by atoms with Gasteiger partial charge in [-0.2, -0.15) is 0 Å². The first-order valence-corrected chi connectivity index (χ1v) is 6.75. The van der Waals surface area contributed by atoms with Crippen LogP contribution in [-0.4, -0.2) is 23.9 Å². The van der Waals surface area contributed by atoms with E-state index in [1.54, 1.807) is 12.1 Å². The Kier molecular flexibility index (Phi) is 4.72. The number of hydrogen-bond donors (Lipinski definition) is 1. The van der Waals surface area contributed by atoms with E-state index in [1.807, 2.05) is 49.4 Å². The normalized spacial score (nSPS) is 10.0. The van der Waals surface area contributed by atoms with Crippen molar-refractivity contribution in [3.05, 3.63) is 71.3 Å². The number of benzene rings is 2. The molecule has 3 amide bonds. The molecule has 108 valence electrons. The Balaban J connectivity index is 1.99. The van der Waals surface area contributed by atoms with Crippen molar-refractivity contribution < 1.29 is 9.59 Å². The van der Waals surface area contributed by atoms with Crippen LogP contribution in [0.3, 0.4) is 0 Å². The Labute approximate surface area is 124 Å². The quantitative estimate of drug-likeness (QED) is 0.941. The van der Waals surface area contributed by atoms with Crippen LogP contribution in [0, 0.1) is 6.92 Å². The zero-order chi connectivity index (χ0) is 15.2. The summed E-state index contributed by atoms with van der Waals surface area (Å²) in [4.78, 5) is 25.4. The molecule has 0 aliphatic rings. The maximum atomic E-state index is 12.3. The first-order chi connectivity index (χ1) is 10.1. The van der Waals surface area contributed by atoms with Crippen molar-refractivity contribution in [1.82, 2.24) is 10.2 Å². The summed E-state index contributed by atoms with van der Waals surface area (Å²) >= 11 is 0. The number of nitrogens with zero attached hydrogens (tertiary/aromatic N) is 1. The molecule has 1 N–H and O–H groups in total. The van der Waals surface area contributed by atoms with Gasteiger partial charge < -0.3 is 5.32 Å². The van der Waals surface area contributed by atoms with Crippen LogP contribution in [-0.2, 0) is 6.54 Å². The molecule has 4 heteroatoms. The van der Waals surface area contributed by atoms with E-state index in [0.717, 1.165) is 16.0 Å². The van der Waals surface area contributed by atoms with Gasteiger partial charge in [-0.25, -0.2) is 4.79 Å². The molecule has 0 aliphatic heterocycles. The molecule has 0 saturated carbocycles. The lowest BCUT2D eigenvalue weighted by molar-refractivity contribution is 0.0830. The fourth-order valence-corrected chi connectivity index (χ4v) is 1.98. The Morgan fingerprint density at radius 2 is 1.62 bits per heavy atom. The van der Waals surface area contributed by atoms with Crippen molar-refractivity contribution in [1.29, 1.82) is 0 Å². The maximum Gasteiger partial charge on any atom is 0.324 e. The van der Waals surface area contributed by atoms with Crippen LogP contribution in [0.15, 0.2) is 54.6 Å². The Bertz CT molecular complexity index is 638. The van der Waals surface area contributed by atoms with Gasteiger partial charge in [-0.1, -0.05) is 48.5 Å². The summed E-state index contributed by atoms with van der Waals surface area (Å²) < 4.78 is 0. The molecular weight excluding hydrogens is 264 g/mol. The predicted octanol–water partition coefficient (Wildman–Crippen LogP) is 2.98. The molecule has 0 fully saturated rings. The van der Waals surface area contributed by atoms with Gasteiger partial charge in [-0.3, -0.25) is 9.69 Å². The van der Waals surface area contributed by atoms with Crippen LogP contribution in [0.4, 0.5) is 4.79 Å². The summed E-state index contributed by atoms with van der Waals surface area (Å²) in [5.74, 6) is -0.307. The van der Waals surface area contributed by atoms with Gasteiger partial charge in [0.2, 0.25) is 0 Å². The van der Waals surface area contributed by atoms with Crippen molar-refractivity contribution in [2.45, 2.75) is 13.5 Å². The number of imide groups is 1. The van der Waals surface area contributed by atoms with Crippen LogP contribution in [0.25, 0.3) is 0 Å². The average molecular weight is 282 g/mol. The highest BCUT2D eigenvalue weighted by molar-refractivity contribution is 6.04. The Morgan fingerprint density at radius 3 is 2.29 bits per heavy atom. The number of urea groups is 1. The minimum atomic E-state index is -0.410. The molecule has 0 aromatic heterocycles.